The number of carbonyl (C=O) groups excluding carboxylic acids is 1. The highest BCUT2D eigenvalue weighted by molar-refractivity contribution is 5.95. The van der Waals surface area contributed by atoms with Gasteiger partial charge in [0, 0.05) is 30.1 Å². The number of aryl methyl sites for hydroxylation is 2. The van der Waals surface area contributed by atoms with Crippen molar-refractivity contribution in [3.63, 3.8) is 0 Å². The molecule has 1 aromatic carbocycles. The van der Waals surface area contributed by atoms with E-state index < -0.39 is 24.2 Å². The lowest BCUT2D eigenvalue weighted by Gasteiger charge is -2.30. The maximum Gasteiger partial charge on any atom is 0.416 e. The highest BCUT2D eigenvalue weighted by Gasteiger charge is 2.48. The normalized spacial score (nSPS) is 18.0. The second-order valence-corrected chi connectivity index (χ2v) is 7.28. The number of aliphatic hydroxyl groups excluding tert-OH is 1. The molecule has 8 heteroatoms. The predicted molar refractivity (Wildman–Crippen MR) is 101 cm³/mol. The Morgan fingerprint density at radius 1 is 1.34 bits per heavy atom. The van der Waals surface area contributed by atoms with Crippen LogP contribution in [0.3, 0.4) is 0 Å². The topological polar surface area (TPSA) is 62.7 Å². The molecule has 1 aliphatic heterocycles. The smallest absolute Gasteiger partial charge is 0.416 e. The summed E-state index contributed by atoms with van der Waals surface area (Å²) in [5.41, 5.74) is 2.61. The number of hydrogen-bond donors (Lipinski definition) is 1. The van der Waals surface area contributed by atoms with E-state index in [9.17, 15) is 23.1 Å². The molecule has 1 fully saturated rings. The molecule has 1 N–H and O–H groups in total. The molecule has 0 unspecified atom stereocenters. The molecule has 2 heterocycles. The number of alkyl halides is 3. The van der Waals surface area contributed by atoms with Gasteiger partial charge in [-0.1, -0.05) is 6.07 Å². The van der Waals surface area contributed by atoms with Crippen molar-refractivity contribution < 1.29 is 27.8 Å². The Hall–Kier alpha value is -2.61. The first-order valence-electron chi connectivity index (χ1n) is 9.37. The highest BCUT2D eigenvalue weighted by atomic mass is 19.4. The lowest BCUT2D eigenvalue weighted by molar-refractivity contribution is -0.216. The lowest BCUT2D eigenvalue weighted by Crippen LogP contribution is -2.49. The molecule has 0 spiro atoms. The SMILES string of the molecule is Cc1cc(C(=O)N2CCC[C@@H]2[C@@H](O)C(F)(F)F)cc(C)c1OCc1cccnc1. The van der Waals surface area contributed by atoms with Crippen LogP contribution in [0.1, 0.15) is 39.9 Å². The van der Waals surface area contributed by atoms with Crippen LogP contribution < -0.4 is 4.74 Å². The molecule has 0 radical (unpaired) electrons. The summed E-state index contributed by atoms with van der Waals surface area (Å²) in [5.74, 6) is 0.111. The molecule has 5 nitrogen and oxygen atoms in total. The molecule has 156 valence electrons. The van der Waals surface area contributed by atoms with Crippen LogP contribution in [0.15, 0.2) is 36.7 Å². The van der Waals surface area contributed by atoms with E-state index in [1.54, 1.807) is 38.4 Å². The van der Waals surface area contributed by atoms with E-state index in [1.165, 1.54) is 0 Å². The number of rotatable bonds is 5. The third-order valence-electron chi connectivity index (χ3n) is 5.07. The summed E-state index contributed by atoms with van der Waals surface area (Å²) < 4.78 is 44.7. The summed E-state index contributed by atoms with van der Waals surface area (Å²) in [7, 11) is 0. The number of pyridine rings is 1. The summed E-state index contributed by atoms with van der Waals surface area (Å²) >= 11 is 0. The fraction of sp³-hybridized carbons (Fsp3) is 0.429. The van der Waals surface area contributed by atoms with Gasteiger partial charge in [0.25, 0.3) is 5.91 Å². The summed E-state index contributed by atoms with van der Waals surface area (Å²) in [4.78, 5) is 18.0. The van der Waals surface area contributed by atoms with Crippen molar-refractivity contribution in [2.24, 2.45) is 0 Å². The van der Waals surface area contributed by atoms with E-state index in [4.69, 9.17) is 4.74 Å². The number of nitrogens with zero attached hydrogens (tertiary/aromatic N) is 2. The fourth-order valence-electron chi connectivity index (χ4n) is 3.70. The third kappa shape index (κ3) is 4.70. The molecule has 1 amide bonds. The molecule has 2 aromatic rings. The van der Waals surface area contributed by atoms with E-state index in [0.29, 0.717) is 29.9 Å². The Bertz CT molecular complexity index is 848. The number of carbonyl (C=O) groups is 1. The monoisotopic (exact) mass is 408 g/mol. The van der Waals surface area contributed by atoms with E-state index in [0.717, 1.165) is 10.5 Å². The molecule has 29 heavy (non-hydrogen) atoms. The van der Waals surface area contributed by atoms with Gasteiger partial charge >= 0.3 is 6.18 Å². The van der Waals surface area contributed by atoms with Crippen LogP contribution in [0.2, 0.25) is 0 Å². The van der Waals surface area contributed by atoms with E-state index in [1.807, 2.05) is 12.1 Å². The van der Waals surface area contributed by atoms with Crippen LogP contribution in [-0.4, -0.2) is 45.8 Å². The molecule has 0 bridgehead atoms. The van der Waals surface area contributed by atoms with E-state index in [-0.39, 0.29) is 18.5 Å². The van der Waals surface area contributed by atoms with E-state index >= 15 is 0 Å². The van der Waals surface area contributed by atoms with Gasteiger partial charge in [0.1, 0.15) is 12.4 Å². The Morgan fingerprint density at radius 2 is 2.03 bits per heavy atom. The van der Waals surface area contributed by atoms with E-state index in [2.05, 4.69) is 4.98 Å². The van der Waals surface area contributed by atoms with Crippen molar-refractivity contribution in [3.8, 4) is 5.75 Å². The number of amides is 1. The minimum absolute atomic E-state index is 0.122. The van der Waals surface area contributed by atoms with Gasteiger partial charge < -0.3 is 14.7 Å². The maximum absolute atomic E-state index is 12.9. The fourth-order valence-corrected chi connectivity index (χ4v) is 3.70. The van der Waals surface area contributed by atoms with Crippen molar-refractivity contribution in [2.75, 3.05) is 6.54 Å². The summed E-state index contributed by atoms with van der Waals surface area (Å²) in [6.45, 7) is 4.07. The lowest BCUT2D eigenvalue weighted by atomic mass is 10.0. The molecular weight excluding hydrogens is 385 g/mol. The Labute approximate surface area is 167 Å². The molecule has 2 atom stereocenters. The quantitative estimate of drug-likeness (QED) is 0.818. The minimum atomic E-state index is -4.76. The Balaban J connectivity index is 1.78. The largest absolute Gasteiger partial charge is 0.488 e. The van der Waals surface area contributed by atoms with Crippen molar-refractivity contribution in [1.29, 1.82) is 0 Å². The molecule has 1 aromatic heterocycles. The van der Waals surface area contributed by atoms with Crippen molar-refractivity contribution >= 4 is 5.91 Å². The van der Waals surface area contributed by atoms with Crippen molar-refractivity contribution in [1.82, 2.24) is 9.88 Å². The second kappa shape index (κ2) is 8.41. The molecule has 0 aliphatic carbocycles. The number of ether oxygens (including phenoxy) is 1. The number of aliphatic hydroxyl groups is 1. The van der Waals surface area contributed by atoms with Crippen molar-refractivity contribution in [2.45, 2.75) is 51.6 Å². The van der Waals surface area contributed by atoms with Gasteiger partial charge in [0.15, 0.2) is 6.10 Å². The first-order chi connectivity index (χ1) is 13.7. The molecule has 1 saturated heterocycles. The average molecular weight is 408 g/mol. The van der Waals surface area contributed by atoms with Gasteiger partial charge in [-0.05, 0) is 56.0 Å². The number of aromatic nitrogens is 1. The third-order valence-corrected chi connectivity index (χ3v) is 5.07. The summed E-state index contributed by atoms with van der Waals surface area (Å²) in [5, 5.41) is 9.64. The van der Waals surface area contributed by atoms with Crippen LogP contribution in [0, 0.1) is 13.8 Å². The van der Waals surface area contributed by atoms with Gasteiger partial charge in [-0.2, -0.15) is 13.2 Å². The van der Waals surface area contributed by atoms with Crippen molar-refractivity contribution in [3.05, 3.63) is 58.9 Å². The zero-order chi connectivity index (χ0) is 21.2. The first kappa shape index (κ1) is 21.1. The van der Waals surface area contributed by atoms with Gasteiger partial charge in [0.05, 0.1) is 6.04 Å². The zero-order valence-electron chi connectivity index (χ0n) is 16.2. The van der Waals surface area contributed by atoms with Crippen LogP contribution in [-0.2, 0) is 6.61 Å². The molecule has 1 aliphatic rings. The second-order valence-electron chi connectivity index (χ2n) is 7.28. The molecule has 3 rings (SSSR count). The van der Waals surface area contributed by atoms with Gasteiger partial charge in [-0.3, -0.25) is 9.78 Å². The van der Waals surface area contributed by atoms with Crippen LogP contribution in [0.4, 0.5) is 13.2 Å². The van der Waals surface area contributed by atoms with Gasteiger partial charge in [-0.25, -0.2) is 0 Å². The standard InChI is InChI=1S/C21H23F3N2O3/c1-13-9-16(10-14(2)18(13)29-12-15-5-3-7-25-11-15)20(28)26-8-4-6-17(26)19(27)21(22,23)24/h3,5,7,9-11,17,19,27H,4,6,8,12H2,1-2H3/t17-,19-/m1/s1. The van der Waals surface area contributed by atoms with Crippen LogP contribution in [0.25, 0.3) is 0 Å². The number of halogens is 3. The van der Waals surface area contributed by atoms with Crippen LogP contribution >= 0.6 is 0 Å². The summed E-state index contributed by atoms with van der Waals surface area (Å²) in [6, 6.07) is 5.66. The first-order valence-corrected chi connectivity index (χ1v) is 9.37. The van der Waals surface area contributed by atoms with Gasteiger partial charge in [0.2, 0.25) is 0 Å². The molecule has 0 saturated carbocycles. The Morgan fingerprint density at radius 3 is 2.62 bits per heavy atom. The zero-order valence-corrected chi connectivity index (χ0v) is 16.2. The highest BCUT2D eigenvalue weighted by Crippen LogP contribution is 2.33. The minimum Gasteiger partial charge on any atom is -0.488 e. The average Bonchev–Trinajstić information content (AvgIpc) is 3.15. The maximum atomic E-state index is 12.9. The predicted octanol–water partition coefficient (Wildman–Crippen LogP) is 3.81. The number of hydrogen-bond acceptors (Lipinski definition) is 4. The van der Waals surface area contributed by atoms with Gasteiger partial charge in [-0.15, -0.1) is 0 Å². The summed E-state index contributed by atoms with van der Waals surface area (Å²) in [6.07, 6.45) is -3.39. The Kier molecular flexibility index (Phi) is 6.12. The van der Waals surface area contributed by atoms with Crippen LogP contribution in [0.5, 0.6) is 5.75 Å². The number of likely N-dealkylation sites (tertiary alicyclic amines) is 1. The molecular formula is C21H23F3N2O3. The number of benzene rings is 1.